The van der Waals surface area contributed by atoms with Crippen LogP contribution in [-0.4, -0.2) is 40.7 Å². The van der Waals surface area contributed by atoms with Crippen LogP contribution in [0.25, 0.3) is 0 Å². The summed E-state index contributed by atoms with van der Waals surface area (Å²) in [6.45, 7) is 3.02. The predicted molar refractivity (Wildman–Crippen MR) is 129 cm³/mol. The van der Waals surface area contributed by atoms with Gasteiger partial charge in [-0.3, -0.25) is 4.79 Å². The number of carbonyl (C=O) groups is 3. The number of rotatable bonds is 5. The molecular formula is C26H31N3O5. The standard InChI is InChI=1S/C26H31N3O5/c1-17-2-7-21(8-3-17)27-25(32)28-22-9-6-20-16-29(13-12-19(20)15-22)26(33)34-23-10-4-18(5-11-23)14-24(30)31/h2-3,6-9,15,18,23H,4-5,10-14,16H2,1H3,(H,30,31)(H2,27,28,32)/t18-,23-. The highest BCUT2D eigenvalue weighted by Gasteiger charge is 2.28. The van der Waals surface area contributed by atoms with Gasteiger partial charge in [0, 0.05) is 30.9 Å². The maximum absolute atomic E-state index is 12.7. The summed E-state index contributed by atoms with van der Waals surface area (Å²) < 4.78 is 5.71. The molecule has 3 amide bonds. The van der Waals surface area contributed by atoms with E-state index in [2.05, 4.69) is 10.6 Å². The molecule has 0 spiro atoms. The number of nitrogens with one attached hydrogen (secondary N) is 2. The minimum atomic E-state index is -0.766. The number of hydrogen-bond acceptors (Lipinski definition) is 4. The van der Waals surface area contributed by atoms with Crippen molar-refractivity contribution in [3.05, 3.63) is 59.2 Å². The number of ether oxygens (including phenoxy) is 1. The number of aliphatic carboxylic acids is 1. The Labute approximate surface area is 199 Å². The first-order valence-electron chi connectivity index (χ1n) is 11.8. The van der Waals surface area contributed by atoms with Gasteiger partial charge < -0.3 is 25.4 Å². The lowest BCUT2D eigenvalue weighted by Gasteiger charge is -2.32. The normalized spacial score (nSPS) is 19.6. The van der Waals surface area contributed by atoms with Gasteiger partial charge in [0.25, 0.3) is 0 Å². The van der Waals surface area contributed by atoms with Crippen molar-refractivity contribution in [1.82, 2.24) is 4.90 Å². The lowest BCUT2D eigenvalue weighted by molar-refractivity contribution is -0.138. The number of urea groups is 1. The Morgan fingerprint density at radius 3 is 2.35 bits per heavy atom. The Balaban J connectivity index is 1.27. The molecule has 2 aliphatic rings. The number of benzene rings is 2. The molecule has 1 saturated carbocycles. The number of nitrogens with zero attached hydrogens (tertiary/aromatic N) is 1. The highest BCUT2D eigenvalue weighted by Crippen LogP contribution is 2.30. The van der Waals surface area contributed by atoms with Gasteiger partial charge in [0.1, 0.15) is 6.10 Å². The van der Waals surface area contributed by atoms with Crippen molar-refractivity contribution in [2.24, 2.45) is 5.92 Å². The summed E-state index contributed by atoms with van der Waals surface area (Å²) in [5, 5.41) is 14.6. The highest BCUT2D eigenvalue weighted by molar-refractivity contribution is 5.99. The molecule has 0 saturated heterocycles. The average molecular weight is 466 g/mol. The second-order valence-electron chi connectivity index (χ2n) is 9.22. The topological polar surface area (TPSA) is 108 Å². The Bertz CT molecular complexity index is 1040. The van der Waals surface area contributed by atoms with Crippen molar-refractivity contribution in [2.75, 3.05) is 17.2 Å². The lowest BCUT2D eigenvalue weighted by atomic mass is 9.85. The van der Waals surface area contributed by atoms with Crippen molar-refractivity contribution in [2.45, 2.75) is 58.1 Å². The van der Waals surface area contributed by atoms with Crippen LogP contribution in [0.1, 0.15) is 48.8 Å². The molecule has 1 heterocycles. The van der Waals surface area contributed by atoms with Crippen LogP contribution < -0.4 is 10.6 Å². The number of carboxylic acid groups (broad SMARTS) is 1. The van der Waals surface area contributed by atoms with Crippen molar-refractivity contribution >= 4 is 29.5 Å². The molecule has 0 atom stereocenters. The molecular weight excluding hydrogens is 434 g/mol. The molecule has 2 aromatic carbocycles. The van der Waals surface area contributed by atoms with E-state index in [0.717, 1.165) is 35.2 Å². The van der Waals surface area contributed by atoms with E-state index >= 15 is 0 Å². The molecule has 1 fully saturated rings. The number of amides is 3. The van der Waals surface area contributed by atoms with Crippen LogP contribution in [0.3, 0.4) is 0 Å². The van der Waals surface area contributed by atoms with Gasteiger partial charge >= 0.3 is 18.1 Å². The van der Waals surface area contributed by atoms with Crippen LogP contribution in [0.5, 0.6) is 0 Å². The fraction of sp³-hybridized carbons (Fsp3) is 0.423. The average Bonchev–Trinajstić information content (AvgIpc) is 2.81. The van der Waals surface area contributed by atoms with Crippen molar-refractivity contribution < 1.29 is 24.2 Å². The van der Waals surface area contributed by atoms with Gasteiger partial charge in [-0.2, -0.15) is 0 Å². The third-order valence-electron chi connectivity index (χ3n) is 6.57. The van der Waals surface area contributed by atoms with E-state index in [-0.39, 0.29) is 30.6 Å². The molecule has 1 aliphatic heterocycles. The minimum absolute atomic E-state index is 0.141. The van der Waals surface area contributed by atoms with Crippen molar-refractivity contribution in [3.63, 3.8) is 0 Å². The van der Waals surface area contributed by atoms with E-state index in [1.54, 1.807) is 4.90 Å². The van der Waals surface area contributed by atoms with Crippen LogP contribution in [0.2, 0.25) is 0 Å². The summed E-state index contributed by atoms with van der Waals surface area (Å²) in [7, 11) is 0. The van der Waals surface area contributed by atoms with Crippen molar-refractivity contribution in [3.8, 4) is 0 Å². The molecule has 0 aromatic heterocycles. The summed E-state index contributed by atoms with van der Waals surface area (Å²) in [5.41, 5.74) is 4.70. The van der Waals surface area contributed by atoms with Crippen LogP contribution in [0.15, 0.2) is 42.5 Å². The summed E-state index contributed by atoms with van der Waals surface area (Å²) in [5.74, 6) is -0.589. The Kier molecular flexibility index (Phi) is 7.35. The molecule has 8 heteroatoms. The minimum Gasteiger partial charge on any atom is -0.481 e. The molecule has 8 nitrogen and oxygen atoms in total. The first kappa shape index (κ1) is 23.6. The van der Waals surface area contributed by atoms with Gasteiger partial charge in [0.2, 0.25) is 0 Å². The van der Waals surface area contributed by atoms with Gasteiger partial charge in [-0.05, 0) is 80.3 Å². The van der Waals surface area contributed by atoms with Gasteiger partial charge in [0.15, 0.2) is 0 Å². The quantitative estimate of drug-likeness (QED) is 0.565. The second kappa shape index (κ2) is 10.6. The van der Waals surface area contributed by atoms with E-state index in [4.69, 9.17) is 9.84 Å². The molecule has 3 N–H and O–H groups in total. The zero-order valence-corrected chi connectivity index (χ0v) is 19.4. The largest absolute Gasteiger partial charge is 0.481 e. The maximum Gasteiger partial charge on any atom is 0.410 e. The molecule has 0 radical (unpaired) electrons. The fourth-order valence-corrected chi connectivity index (χ4v) is 4.63. The molecule has 180 valence electrons. The summed E-state index contributed by atoms with van der Waals surface area (Å²) >= 11 is 0. The fourth-order valence-electron chi connectivity index (χ4n) is 4.63. The van der Waals surface area contributed by atoms with E-state index < -0.39 is 5.97 Å². The number of hydrogen-bond donors (Lipinski definition) is 3. The lowest BCUT2D eigenvalue weighted by Crippen LogP contribution is -2.39. The van der Waals surface area contributed by atoms with Crippen LogP contribution in [-0.2, 0) is 22.5 Å². The zero-order chi connectivity index (χ0) is 24.1. The van der Waals surface area contributed by atoms with E-state index in [9.17, 15) is 14.4 Å². The molecule has 4 rings (SSSR count). The number of carbonyl (C=O) groups excluding carboxylic acids is 2. The summed E-state index contributed by atoms with van der Waals surface area (Å²) in [4.78, 5) is 37.6. The van der Waals surface area contributed by atoms with Gasteiger partial charge in [-0.25, -0.2) is 9.59 Å². The monoisotopic (exact) mass is 465 g/mol. The third kappa shape index (κ3) is 6.27. The molecule has 0 bridgehead atoms. The number of aryl methyl sites for hydroxylation is 1. The summed E-state index contributed by atoms with van der Waals surface area (Å²) in [6, 6.07) is 13.0. The zero-order valence-electron chi connectivity index (χ0n) is 19.4. The molecule has 34 heavy (non-hydrogen) atoms. The molecule has 1 aliphatic carbocycles. The number of carboxylic acids is 1. The van der Waals surface area contributed by atoms with E-state index in [1.165, 1.54) is 0 Å². The number of anilines is 2. The highest BCUT2D eigenvalue weighted by atomic mass is 16.6. The predicted octanol–water partition coefficient (Wildman–Crippen LogP) is 5.17. The third-order valence-corrected chi connectivity index (χ3v) is 6.57. The maximum atomic E-state index is 12.7. The Morgan fingerprint density at radius 1 is 0.971 bits per heavy atom. The van der Waals surface area contributed by atoms with E-state index in [0.29, 0.717) is 38.0 Å². The first-order chi connectivity index (χ1) is 16.4. The first-order valence-corrected chi connectivity index (χ1v) is 11.8. The van der Waals surface area contributed by atoms with Crippen LogP contribution >= 0.6 is 0 Å². The van der Waals surface area contributed by atoms with Gasteiger partial charge in [0.05, 0.1) is 0 Å². The molecule has 0 unspecified atom stereocenters. The van der Waals surface area contributed by atoms with Crippen molar-refractivity contribution in [1.29, 1.82) is 0 Å². The van der Waals surface area contributed by atoms with Crippen LogP contribution in [0.4, 0.5) is 21.0 Å². The van der Waals surface area contributed by atoms with E-state index in [1.807, 2.05) is 49.4 Å². The van der Waals surface area contributed by atoms with Gasteiger partial charge in [-0.1, -0.05) is 23.8 Å². The second-order valence-corrected chi connectivity index (χ2v) is 9.22. The Morgan fingerprint density at radius 2 is 1.65 bits per heavy atom. The summed E-state index contributed by atoms with van der Waals surface area (Å²) in [6.07, 6.45) is 3.41. The smallest absolute Gasteiger partial charge is 0.410 e. The van der Waals surface area contributed by atoms with Crippen LogP contribution in [0, 0.1) is 12.8 Å². The Hall–Kier alpha value is -3.55. The number of fused-ring (bicyclic) bond motifs is 1. The van der Waals surface area contributed by atoms with Gasteiger partial charge in [-0.15, -0.1) is 0 Å². The molecule has 2 aromatic rings. The SMILES string of the molecule is Cc1ccc(NC(=O)Nc2ccc3c(c2)CCN(C(=O)O[C@H]2CC[C@H](CC(=O)O)CC2)C3)cc1.